The Morgan fingerprint density at radius 2 is 2.38 bits per heavy atom. The second-order valence-corrected chi connectivity index (χ2v) is 4.75. The molecule has 1 heterocycles. The number of benzene rings is 1. The molecule has 13 heavy (non-hydrogen) atoms. The van der Waals surface area contributed by atoms with Gasteiger partial charge in [-0.05, 0) is 37.1 Å². The predicted octanol–water partition coefficient (Wildman–Crippen LogP) is 2.19. The maximum absolute atomic E-state index is 12.8. The summed E-state index contributed by atoms with van der Waals surface area (Å²) in [4.78, 5) is 1.18. The summed E-state index contributed by atoms with van der Waals surface area (Å²) in [5, 5.41) is 0.414. The minimum atomic E-state index is -0.148. The summed E-state index contributed by atoms with van der Waals surface area (Å²) in [5.41, 5.74) is 6.90. The number of hydrogen-bond acceptors (Lipinski definition) is 2. The van der Waals surface area contributed by atoms with Gasteiger partial charge in [0.2, 0.25) is 0 Å². The summed E-state index contributed by atoms with van der Waals surface area (Å²) in [6, 6.07) is 5.14. The molecule has 1 aromatic rings. The SMILES string of the molecule is CC(N)C1Cc2cc(F)ccc2S1. The molecule has 0 aliphatic carbocycles. The van der Waals surface area contributed by atoms with E-state index >= 15 is 0 Å². The molecule has 0 bridgehead atoms. The first-order chi connectivity index (χ1) is 6.16. The van der Waals surface area contributed by atoms with Crippen LogP contribution in [0.5, 0.6) is 0 Å². The highest BCUT2D eigenvalue weighted by Gasteiger charge is 2.25. The summed E-state index contributed by atoms with van der Waals surface area (Å²) < 4.78 is 12.8. The number of halogens is 1. The molecule has 1 aliphatic rings. The van der Waals surface area contributed by atoms with Gasteiger partial charge in [-0.2, -0.15) is 0 Å². The van der Waals surface area contributed by atoms with E-state index in [1.807, 2.05) is 13.0 Å². The second kappa shape index (κ2) is 3.31. The molecule has 2 rings (SSSR count). The van der Waals surface area contributed by atoms with E-state index in [-0.39, 0.29) is 11.9 Å². The topological polar surface area (TPSA) is 26.0 Å². The highest BCUT2D eigenvalue weighted by Crippen LogP contribution is 2.38. The van der Waals surface area contributed by atoms with Crippen LogP contribution in [-0.4, -0.2) is 11.3 Å². The maximum Gasteiger partial charge on any atom is 0.123 e. The van der Waals surface area contributed by atoms with Crippen LogP contribution < -0.4 is 5.73 Å². The molecular formula is C10H12FNS. The van der Waals surface area contributed by atoms with Crippen molar-refractivity contribution in [1.29, 1.82) is 0 Å². The third-order valence-corrected chi connectivity index (χ3v) is 3.86. The average molecular weight is 197 g/mol. The fraction of sp³-hybridized carbons (Fsp3) is 0.400. The lowest BCUT2D eigenvalue weighted by atomic mass is 10.1. The van der Waals surface area contributed by atoms with Gasteiger partial charge in [-0.3, -0.25) is 0 Å². The lowest BCUT2D eigenvalue weighted by Gasteiger charge is -2.11. The Labute approximate surface area is 81.5 Å². The number of fused-ring (bicyclic) bond motifs is 1. The fourth-order valence-corrected chi connectivity index (χ4v) is 2.78. The van der Waals surface area contributed by atoms with Gasteiger partial charge in [0, 0.05) is 16.2 Å². The first-order valence-electron chi connectivity index (χ1n) is 4.37. The number of hydrogen-bond donors (Lipinski definition) is 1. The summed E-state index contributed by atoms with van der Waals surface area (Å²) in [5.74, 6) is -0.148. The Hall–Kier alpha value is -0.540. The smallest absolute Gasteiger partial charge is 0.123 e. The molecule has 0 aromatic heterocycles. The molecule has 2 atom stereocenters. The molecule has 1 aromatic carbocycles. The van der Waals surface area contributed by atoms with Gasteiger partial charge in [-0.1, -0.05) is 0 Å². The highest BCUT2D eigenvalue weighted by atomic mass is 32.2. The van der Waals surface area contributed by atoms with E-state index < -0.39 is 0 Å². The van der Waals surface area contributed by atoms with E-state index in [9.17, 15) is 4.39 Å². The Kier molecular flexibility index (Phi) is 2.30. The van der Waals surface area contributed by atoms with Crippen molar-refractivity contribution in [3.05, 3.63) is 29.6 Å². The standard InChI is InChI=1S/C10H12FNS/c1-6(12)10-5-7-4-8(11)2-3-9(7)13-10/h2-4,6,10H,5,12H2,1H3. The summed E-state index contributed by atoms with van der Waals surface area (Å²) in [7, 11) is 0. The summed E-state index contributed by atoms with van der Waals surface area (Å²) >= 11 is 1.76. The summed E-state index contributed by atoms with van der Waals surface area (Å²) in [6.07, 6.45) is 0.898. The average Bonchev–Trinajstić information content (AvgIpc) is 2.46. The number of rotatable bonds is 1. The first-order valence-corrected chi connectivity index (χ1v) is 5.25. The van der Waals surface area contributed by atoms with Crippen LogP contribution in [0.1, 0.15) is 12.5 Å². The number of nitrogens with two attached hydrogens (primary N) is 1. The molecule has 2 unspecified atom stereocenters. The van der Waals surface area contributed by atoms with Crippen LogP contribution in [0.3, 0.4) is 0 Å². The van der Waals surface area contributed by atoms with Crippen LogP contribution in [0.4, 0.5) is 4.39 Å². The minimum absolute atomic E-state index is 0.148. The number of thioether (sulfide) groups is 1. The van der Waals surface area contributed by atoms with Crippen molar-refractivity contribution in [1.82, 2.24) is 0 Å². The zero-order valence-electron chi connectivity index (χ0n) is 7.46. The Bertz CT molecular complexity index is 325. The Morgan fingerprint density at radius 1 is 1.62 bits per heavy atom. The maximum atomic E-state index is 12.8. The van der Waals surface area contributed by atoms with E-state index in [2.05, 4.69) is 0 Å². The van der Waals surface area contributed by atoms with Gasteiger partial charge in [-0.25, -0.2) is 4.39 Å². The Morgan fingerprint density at radius 3 is 3.08 bits per heavy atom. The van der Waals surface area contributed by atoms with E-state index in [1.54, 1.807) is 17.8 Å². The Balaban J connectivity index is 2.25. The van der Waals surface area contributed by atoms with Gasteiger partial charge in [-0.15, -0.1) is 11.8 Å². The van der Waals surface area contributed by atoms with Crippen molar-refractivity contribution >= 4 is 11.8 Å². The molecule has 0 amide bonds. The molecule has 0 radical (unpaired) electrons. The summed E-state index contributed by atoms with van der Waals surface area (Å²) in [6.45, 7) is 2.00. The van der Waals surface area contributed by atoms with Crippen LogP contribution in [0, 0.1) is 5.82 Å². The van der Waals surface area contributed by atoms with Crippen molar-refractivity contribution in [3.63, 3.8) is 0 Å². The van der Waals surface area contributed by atoms with Gasteiger partial charge in [0.25, 0.3) is 0 Å². The third kappa shape index (κ3) is 1.71. The van der Waals surface area contributed by atoms with Gasteiger partial charge < -0.3 is 5.73 Å². The van der Waals surface area contributed by atoms with Crippen LogP contribution in [0.25, 0.3) is 0 Å². The molecule has 70 valence electrons. The largest absolute Gasteiger partial charge is 0.327 e. The van der Waals surface area contributed by atoms with E-state index in [0.717, 1.165) is 12.0 Å². The van der Waals surface area contributed by atoms with E-state index in [0.29, 0.717) is 5.25 Å². The zero-order chi connectivity index (χ0) is 9.42. The molecular weight excluding hydrogens is 185 g/mol. The fourth-order valence-electron chi connectivity index (χ4n) is 1.54. The van der Waals surface area contributed by atoms with Crippen LogP contribution in [0.2, 0.25) is 0 Å². The normalized spacial score (nSPS) is 22.8. The quantitative estimate of drug-likeness (QED) is 0.747. The van der Waals surface area contributed by atoms with Crippen LogP contribution in [-0.2, 0) is 6.42 Å². The van der Waals surface area contributed by atoms with E-state index in [1.165, 1.54) is 11.0 Å². The van der Waals surface area contributed by atoms with Crippen molar-refractivity contribution in [2.75, 3.05) is 0 Å². The molecule has 1 aliphatic heterocycles. The lowest BCUT2D eigenvalue weighted by Crippen LogP contribution is -2.28. The van der Waals surface area contributed by atoms with Gasteiger partial charge in [0.15, 0.2) is 0 Å². The minimum Gasteiger partial charge on any atom is -0.327 e. The van der Waals surface area contributed by atoms with Crippen LogP contribution in [0.15, 0.2) is 23.1 Å². The van der Waals surface area contributed by atoms with Gasteiger partial charge in [0.05, 0.1) is 0 Å². The van der Waals surface area contributed by atoms with Gasteiger partial charge in [0.1, 0.15) is 5.82 Å². The van der Waals surface area contributed by atoms with Crippen molar-refractivity contribution in [3.8, 4) is 0 Å². The highest BCUT2D eigenvalue weighted by molar-refractivity contribution is 8.00. The van der Waals surface area contributed by atoms with Crippen LogP contribution >= 0.6 is 11.8 Å². The molecule has 0 spiro atoms. The molecule has 0 saturated heterocycles. The van der Waals surface area contributed by atoms with E-state index in [4.69, 9.17) is 5.73 Å². The first kappa shape index (κ1) is 9.03. The molecule has 2 N–H and O–H groups in total. The second-order valence-electron chi connectivity index (χ2n) is 3.47. The lowest BCUT2D eigenvalue weighted by molar-refractivity contribution is 0.621. The van der Waals surface area contributed by atoms with Crippen molar-refractivity contribution in [2.24, 2.45) is 5.73 Å². The van der Waals surface area contributed by atoms with Crippen molar-refractivity contribution < 1.29 is 4.39 Å². The molecule has 3 heteroatoms. The monoisotopic (exact) mass is 197 g/mol. The molecule has 0 fully saturated rings. The molecule has 1 nitrogen and oxygen atoms in total. The molecule has 0 saturated carbocycles. The predicted molar refractivity (Wildman–Crippen MR) is 53.4 cm³/mol. The van der Waals surface area contributed by atoms with Gasteiger partial charge >= 0.3 is 0 Å². The zero-order valence-corrected chi connectivity index (χ0v) is 8.27. The van der Waals surface area contributed by atoms with Crippen molar-refractivity contribution in [2.45, 2.75) is 29.5 Å². The third-order valence-electron chi connectivity index (χ3n) is 2.31.